The lowest BCUT2D eigenvalue weighted by Crippen LogP contribution is -2.55. The summed E-state index contributed by atoms with van der Waals surface area (Å²) in [5.74, 6) is 0.00888. The fraction of sp³-hybridized carbons (Fsp3) is 0.833. The predicted octanol–water partition coefficient (Wildman–Crippen LogP) is 0.652. The minimum atomic E-state index is -0.674. The van der Waals surface area contributed by atoms with E-state index in [0.717, 1.165) is 44.9 Å². The fourth-order valence-corrected chi connectivity index (χ4v) is 4.03. The van der Waals surface area contributed by atoms with E-state index in [4.69, 9.17) is 4.74 Å². The topological polar surface area (TPSA) is 85.7 Å². The van der Waals surface area contributed by atoms with Crippen LogP contribution in [0, 0.1) is 11.3 Å². The number of nitriles is 1. The molecule has 2 amide bonds. The van der Waals surface area contributed by atoms with Gasteiger partial charge in [-0.3, -0.25) is 14.5 Å². The summed E-state index contributed by atoms with van der Waals surface area (Å²) in [7, 11) is 0. The van der Waals surface area contributed by atoms with Crippen LogP contribution in [0.5, 0.6) is 0 Å². The third kappa shape index (κ3) is 4.50. The number of carbonyl (C=O) groups excluding carboxylic acids is 2. The van der Waals surface area contributed by atoms with Gasteiger partial charge in [-0.2, -0.15) is 5.26 Å². The lowest BCUT2D eigenvalue weighted by atomic mass is 9.83. The van der Waals surface area contributed by atoms with Crippen LogP contribution < -0.4 is 5.32 Å². The molecule has 2 heterocycles. The van der Waals surface area contributed by atoms with Crippen molar-refractivity contribution < 1.29 is 14.3 Å². The molecule has 138 valence electrons. The SMILES string of the molecule is N#CC1(NC(=O)CN2CCN(C(=O)C3CCCO3)CC2)CCCCC1. The van der Waals surface area contributed by atoms with Gasteiger partial charge in [0.1, 0.15) is 11.6 Å². The number of hydrogen-bond donors (Lipinski definition) is 1. The molecule has 7 nitrogen and oxygen atoms in total. The smallest absolute Gasteiger partial charge is 0.251 e. The lowest BCUT2D eigenvalue weighted by Gasteiger charge is -2.36. The molecule has 0 bridgehead atoms. The van der Waals surface area contributed by atoms with Crippen LogP contribution in [0.4, 0.5) is 0 Å². The van der Waals surface area contributed by atoms with Gasteiger partial charge >= 0.3 is 0 Å². The fourth-order valence-electron chi connectivity index (χ4n) is 4.03. The molecular formula is C18H28N4O3. The summed E-state index contributed by atoms with van der Waals surface area (Å²) in [5, 5.41) is 12.4. The van der Waals surface area contributed by atoms with Crippen molar-refractivity contribution in [3.63, 3.8) is 0 Å². The molecule has 3 fully saturated rings. The molecule has 0 radical (unpaired) electrons. The highest BCUT2D eigenvalue weighted by atomic mass is 16.5. The Kier molecular flexibility index (Phi) is 5.92. The van der Waals surface area contributed by atoms with Crippen LogP contribution in [0.1, 0.15) is 44.9 Å². The molecule has 7 heteroatoms. The largest absolute Gasteiger partial charge is 0.368 e. The minimum absolute atomic E-state index is 0.0812. The highest BCUT2D eigenvalue weighted by Crippen LogP contribution is 2.27. The standard InChI is InChI=1S/C18H28N4O3/c19-14-18(6-2-1-3-7-18)20-16(23)13-21-8-10-22(11-9-21)17(24)15-5-4-12-25-15/h15H,1-13H2,(H,20,23). The van der Waals surface area contributed by atoms with Gasteiger partial charge in [0, 0.05) is 32.8 Å². The number of piperazine rings is 1. The van der Waals surface area contributed by atoms with E-state index in [0.29, 0.717) is 39.3 Å². The number of rotatable bonds is 4. The second-order valence-electron chi connectivity index (χ2n) is 7.41. The summed E-state index contributed by atoms with van der Waals surface area (Å²) < 4.78 is 5.47. The van der Waals surface area contributed by atoms with Crippen molar-refractivity contribution in [2.75, 3.05) is 39.3 Å². The van der Waals surface area contributed by atoms with Gasteiger partial charge in [-0.15, -0.1) is 0 Å². The zero-order valence-corrected chi connectivity index (χ0v) is 14.8. The Morgan fingerprint density at radius 1 is 1.12 bits per heavy atom. The maximum Gasteiger partial charge on any atom is 0.251 e. The van der Waals surface area contributed by atoms with Gasteiger partial charge in [0.25, 0.3) is 5.91 Å². The average Bonchev–Trinajstić information content (AvgIpc) is 3.17. The molecule has 0 aromatic rings. The van der Waals surface area contributed by atoms with E-state index in [1.54, 1.807) is 0 Å². The maximum absolute atomic E-state index is 12.4. The zero-order valence-electron chi connectivity index (χ0n) is 14.8. The van der Waals surface area contributed by atoms with E-state index in [-0.39, 0.29) is 17.9 Å². The first-order valence-electron chi connectivity index (χ1n) is 9.47. The lowest BCUT2D eigenvalue weighted by molar-refractivity contribution is -0.142. The number of hydrogen-bond acceptors (Lipinski definition) is 5. The van der Waals surface area contributed by atoms with Crippen molar-refractivity contribution in [1.82, 2.24) is 15.1 Å². The first-order valence-corrected chi connectivity index (χ1v) is 9.47. The van der Waals surface area contributed by atoms with E-state index in [2.05, 4.69) is 16.3 Å². The van der Waals surface area contributed by atoms with Crippen LogP contribution in [0.3, 0.4) is 0 Å². The molecule has 1 atom stereocenters. The number of carbonyl (C=O) groups is 2. The third-order valence-corrected chi connectivity index (χ3v) is 5.56. The summed E-state index contributed by atoms with van der Waals surface area (Å²) in [5.41, 5.74) is -0.674. The van der Waals surface area contributed by atoms with Crippen LogP contribution in [0.2, 0.25) is 0 Å². The van der Waals surface area contributed by atoms with Crippen LogP contribution in [0.25, 0.3) is 0 Å². The molecule has 0 spiro atoms. The number of amides is 2. The van der Waals surface area contributed by atoms with Gasteiger partial charge in [-0.25, -0.2) is 0 Å². The van der Waals surface area contributed by atoms with Gasteiger partial charge in [0.15, 0.2) is 0 Å². The molecule has 1 N–H and O–H groups in total. The second-order valence-corrected chi connectivity index (χ2v) is 7.41. The van der Waals surface area contributed by atoms with Crippen LogP contribution in [-0.2, 0) is 14.3 Å². The first kappa shape index (κ1) is 18.2. The van der Waals surface area contributed by atoms with Crippen LogP contribution >= 0.6 is 0 Å². The summed E-state index contributed by atoms with van der Waals surface area (Å²) in [4.78, 5) is 28.6. The number of nitrogens with zero attached hydrogens (tertiary/aromatic N) is 3. The van der Waals surface area contributed by atoms with Crippen molar-refractivity contribution >= 4 is 11.8 Å². The molecule has 0 aromatic carbocycles. The maximum atomic E-state index is 12.4. The Morgan fingerprint density at radius 2 is 1.84 bits per heavy atom. The molecule has 1 saturated carbocycles. The number of ether oxygens (including phenoxy) is 1. The van der Waals surface area contributed by atoms with Crippen LogP contribution in [-0.4, -0.2) is 72.6 Å². The van der Waals surface area contributed by atoms with E-state index >= 15 is 0 Å². The highest BCUT2D eigenvalue weighted by Gasteiger charge is 2.35. The average molecular weight is 348 g/mol. The molecule has 1 unspecified atom stereocenters. The summed E-state index contributed by atoms with van der Waals surface area (Å²) >= 11 is 0. The van der Waals surface area contributed by atoms with E-state index in [9.17, 15) is 14.9 Å². The molecule has 0 aromatic heterocycles. The van der Waals surface area contributed by atoms with Gasteiger partial charge in [-0.05, 0) is 25.7 Å². The molecule has 2 saturated heterocycles. The molecular weight excluding hydrogens is 320 g/mol. The van der Waals surface area contributed by atoms with E-state index < -0.39 is 5.54 Å². The monoisotopic (exact) mass is 348 g/mol. The van der Waals surface area contributed by atoms with E-state index in [1.807, 2.05) is 4.90 Å². The Labute approximate surface area is 149 Å². The summed E-state index contributed by atoms with van der Waals surface area (Å²) in [6, 6.07) is 2.32. The Bertz CT molecular complexity index is 525. The van der Waals surface area contributed by atoms with Crippen molar-refractivity contribution in [2.45, 2.75) is 56.6 Å². The summed E-state index contributed by atoms with van der Waals surface area (Å²) in [6.07, 6.45) is 6.14. The van der Waals surface area contributed by atoms with Crippen LogP contribution in [0.15, 0.2) is 0 Å². The molecule has 1 aliphatic carbocycles. The van der Waals surface area contributed by atoms with E-state index in [1.165, 1.54) is 0 Å². The second kappa shape index (κ2) is 8.15. The number of nitrogens with one attached hydrogen (secondary N) is 1. The van der Waals surface area contributed by atoms with Crippen molar-refractivity contribution in [3.05, 3.63) is 0 Å². The van der Waals surface area contributed by atoms with Crippen molar-refractivity contribution in [3.8, 4) is 6.07 Å². The molecule has 25 heavy (non-hydrogen) atoms. The quantitative estimate of drug-likeness (QED) is 0.806. The Hall–Kier alpha value is -1.65. The minimum Gasteiger partial charge on any atom is -0.368 e. The Morgan fingerprint density at radius 3 is 2.44 bits per heavy atom. The van der Waals surface area contributed by atoms with Gasteiger partial charge in [0.2, 0.25) is 5.91 Å². The highest BCUT2D eigenvalue weighted by molar-refractivity contribution is 5.81. The first-order chi connectivity index (χ1) is 12.1. The van der Waals surface area contributed by atoms with Gasteiger partial charge in [-0.1, -0.05) is 19.3 Å². The normalized spacial score (nSPS) is 26.8. The Balaban J connectivity index is 1.43. The third-order valence-electron chi connectivity index (χ3n) is 5.56. The van der Waals surface area contributed by atoms with Gasteiger partial charge in [0.05, 0.1) is 12.6 Å². The summed E-state index contributed by atoms with van der Waals surface area (Å²) in [6.45, 7) is 3.62. The van der Waals surface area contributed by atoms with Gasteiger partial charge < -0.3 is 15.0 Å². The molecule has 3 aliphatic rings. The predicted molar refractivity (Wildman–Crippen MR) is 91.6 cm³/mol. The molecule has 2 aliphatic heterocycles. The molecule has 3 rings (SSSR count). The van der Waals surface area contributed by atoms with Crippen molar-refractivity contribution in [1.29, 1.82) is 5.26 Å². The zero-order chi connectivity index (χ0) is 17.7. The van der Waals surface area contributed by atoms with Crippen molar-refractivity contribution in [2.24, 2.45) is 0 Å².